The standard InChI is InChI=1S/C15H9N7O5/c23-15-18-17-13-9-3-1-2-4-10(9)16-14(13)20(15)19-11-6-5-8(21(24)25)7-12(11)22(26)27/h1-7,16,19H. The Morgan fingerprint density at radius 2 is 1.81 bits per heavy atom. The minimum Gasteiger partial charge on any atom is -0.338 e. The van der Waals surface area contributed by atoms with Crippen LogP contribution in [0.1, 0.15) is 0 Å². The van der Waals surface area contributed by atoms with E-state index >= 15 is 0 Å². The molecular weight excluding hydrogens is 358 g/mol. The lowest BCUT2D eigenvalue weighted by Crippen LogP contribution is -2.30. The molecule has 0 aliphatic rings. The lowest BCUT2D eigenvalue weighted by Gasteiger charge is -2.09. The van der Waals surface area contributed by atoms with E-state index in [2.05, 4.69) is 20.6 Å². The number of benzene rings is 2. The van der Waals surface area contributed by atoms with Gasteiger partial charge in [-0.15, -0.1) is 5.10 Å². The van der Waals surface area contributed by atoms with Gasteiger partial charge >= 0.3 is 11.4 Å². The molecule has 4 rings (SSSR count). The number of nitro benzene ring substituents is 2. The molecule has 2 aromatic carbocycles. The lowest BCUT2D eigenvalue weighted by atomic mass is 10.2. The first-order valence-corrected chi connectivity index (χ1v) is 7.52. The zero-order valence-corrected chi connectivity index (χ0v) is 13.3. The van der Waals surface area contributed by atoms with Crippen LogP contribution in [0.15, 0.2) is 47.3 Å². The minimum absolute atomic E-state index is 0.111. The number of anilines is 1. The highest BCUT2D eigenvalue weighted by Gasteiger charge is 2.21. The van der Waals surface area contributed by atoms with Crippen molar-refractivity contribution < 1.29 is 9.85 Å². The summed E-state index contributed by atoms with van der Waals surface area (Å²) in [5, 5.41) is 30.3. The Balaban J connectivity index is 1.91. The summed E-state index contributed by atoms with van der Waals surface area (Å²) < 4.78 is 0.969. The minimum atomic E-state index is -0.804. The molecular formula is C15H9N7O5. The Morgan fingerprint density at radius 3 is 2.56 bits per heavy atom. The van der Waals surface area contributed by atoms with Gasteiger partial charge in [-0.2, -0.15) is 4.68 Å². The van der Waals surface area contributed by atoms with Crippen molar-refractivity contribution in [1.82, 2.24) is 19.9 Å². The molecule has 12 nitrogen and oxygen atoms in total. The van der Waals surface area contributed by atoms with Crippen LogP contribution in [-0.2, 0) is 0 Å². The van der Waals surface area contributed by atoms with Crippen molar-refractivity contribution in [2.24, 2.45) is 0 Å². The van der Waals surface area contributed by atoms with E-state index in [-0.39, 0.29) is 11.3 Å². The Bertz CT molecular complexity index is 1290. The molecule has 2 aromatic heterocycles. The van der Waals surface area contributed by atoms with Crippen molar-refractivity contribution in [2.45, 2.75) is 0 Å². The van der Waals surface area contributed by atoms with Gasteiger partial charge in [0.25, 0.3) is 5.69 Å². The van der Waals surface area contributed by atoms with Gasteiger partial charge in [-0.3, -0.25) is 25.7 Å². The number of aromatic nitrogens is 4. The average molecular weight is 367 g/mol. The molecule has 4 aromatic rings. The van der Waals surface area contributed by atoms with Crippen LogP contribution in [0.25, 0.3) is 22.1 Å². The van der Waals surface area contributed by atoms with E-state index in [0.29, 0.717) is 16.4 Å². The van der Waals surface area contributed by atoms with Crippen molar-refractivity contribution in [3.8, 4) is 0 Å². The number of rotatable bonds is 4. The molecule has 2 N–H and O–H groups in total. The number of hydrogen-bond donors (Lipinski definition) is 2. The van der Waals surface area contributed by atoms with Crippen LogP contribution in [0.2, 0.25) is 0 Å². The molecule has 0 aliphatic carbocycles. The monoisotopic (exact) mass is 367 g/mol. The molecule has 0 saturated heterocycles. The largest absolute Gasteiger partial charge is 0.387 e. The molecule has 0 radical (unpaired) electrons. The Morgan fingerprint density at radius 1 is 1.04 bits per heavy atom. The van der Waals surface area contributed by atoms with Crippen molar-refractivity contribution >= 4 is 39.1 Å². The van der Waals surface area contributed by atoms with Gasteiger partial charge in [0.05, 0.1) is 15.9 Å². The number of nitrogens with zero attached hydrogens (tertiary/aromatic N) is 5. The summed E-state index contributed by atoms with van der Waals surface area (Å²) >= 11 is 0. The Labute approximate surface area is 148 Å². The van der Waals surface area contributed by atoms with Crippen LogP contribution >= 0.6 is 0 Å². The summed E-state index contributed by atoms with van der Waals surface area (Å²) in [5.74, 6) is 0. The van der Waals surface area contributed by atoms with E-state index in [4.69, 9.17) is 0 Å². The predicted octanol–water partition coefficient (Wildman–Crippen LogP) is 1.96. The van der Waals surface area contributed by atoms with Crippen LogP contribution in [0.3, 0.4) is 0 Å². The van der Waals surface area contributed by atoms with Crippen molar-refractivity contribution in [3.63, 3.8) is 0 Å². The zero-order valence-electron chi connectivity index (χ0n) is 13.3. The molecule has 134 valence electrons. The summed E-state index contributed by atoms with van der Waals surface area (Å²) in [7, 11) is 0. The van der Waals surface area contributed by atoms with Gasteiger partial charge in [0, 0.05) is 17.0 Å². The third kappa shape index (κ3) is 2.60. The van der Waals surface area contributed by atoms with Gasteiger partial charge in [-0.05, 0) is 12.1 Å². The number of aromatic amines is 1. The smallest absolute Gasteiger partial charge is 0.338 e. The Kier molecular flexibility index (Phi) is 3.51. The maximum atomic E-state index is 12.2. The van der Waals surface area contributed by atoms with Crippen LogP contribution in [0.4, 0.5) is 17.1 Å². The first-order chi connectivity index (χ1) is 13.0. The quantitative estimate of drug-likeness (QED) is 0.408. The molecule has 2 heterocycles. The zero-order chi connectivity index (χ0) is 19.1. The summed E-state index contributed by atoms with van der Waals surface area (Å²) in [6.07, 6.45) is 0. The van der Waals surface area contributed by atoms with Crippen LogP contribution in [0.5, 0.6) is 0 Å². The van der Waals surface area contributed by atoms with E-state index in [9.17, 15) is 25.0 Å². The molecule has 0 unspecified atom stereocenters. The number of H-pyrrole nitrogens is 1. The average Bonchev–Trinajstić information content (AvgIpc) is 3.02. The topological polar surface area (TPSA) is 162 Å². The third-order valence-corrected chi connectivity index (χ3v) is 3.93. The predicted molar refractivity (Wildman–Crippen MR) is 94.4 cm³/mol. The van der Waals surface area contributed by atoms with Crippen LogP contribution in [0, 0.1) is 20.2 Å². The molecule has 0 fully saturated rings. The highest BCUT2D eigenvalue weighted by molar-refractivity contribution is 6.03. The number of fused-ring (bicyclic) bond motifs is 3. The van der Waals surface area contributed by atoms with Crippen LogP contribution in [-0.4, -0.2) is 29.7 Å². The first-order valence-electron chi connectivity index (χ1n) is 7.52. The first kappa shape index (κ1) is 16.1. The summed E-state index contributed by atoms with van der Waals surface area (Å²) in [5.41, 5.74) is 2.02. The van der Waals surface area contributed by atoms with E-state index in [0.717, 1.165) is 22.9 Å². The van der Waals surface area contributed by atoms with E-state index in [1.807, 2.05) is 0 Å². The Hall–Kier alpha value is -4.35. The number of para-hydroxylation sites is 1. The number of nitro groups is 2. The normalized spacial score (nSPS) is 11.0. The maximum Gasteiger partial charge on any atom is 0.387 e. The number of nitrogens with one attached hydrogen (secondary N) is 2. The highest BCUT2D eigenvalue weighted by atomic mass is 16.6. The second kappa shape index (κ2) is 5.87. The van der Waals surface area contributed by atoms with Crippen molar-refractivity contribution in [3.05, 3.63) is 73.2 Å². The summed E-state index contributed by atoms with van der Waals surface area (Å²) in [6.45, 7) is 0. The fraction of sp³-hybridized carbons (Fsp3) is 0. The summed E-state index contributed by atoms with van der Waals surface area (Å²) in [4.78, 5) is 35.8. The molecule has 0 saturated carbocycles. The fourth-order valence-corrected chi connectivity index (χ4v) is 2.71. The SMILES string of the molecule is O=c1nnc2c3ccccc3[nH]c2n1Nc1ccc([N+](=O)[O-])cc1[N+](=O)[O-]. The van der Waals surface area contributed by atoms with Gasteiger partial charge < -0.3 is 4.98 Å². The van der Waals surface area contributed by atoms with Gasteiger partial charge in [-0.25, -0.2) is 4.79 Å². The molecule has 0 bridgehead atoms. The lowest BCUT2D eigenvalue weighted by molar-refractivity contribution is -0.393. The number of non-ortho nitro benzene ring substituents is 1. The van der Waals surface area contributed by atoms with E-state index < -0.39 is 26.9 Å². The van der Waals surface area contributed by atoms with Gasteiger partial charge in [-0.1, -0.05) is 23.3 Å². The maximum absolute atomic E-state index is 12.2. The van der Waals surface area contributed by atoms with E-state index in [1.165, 1.54) is 0 Å². The van der Waals surface area contributed by atoms with Gasteiger partial charge in [0.1, 0.15) is 11.2 Å². The fourth-order valence-electron chi connectivity index (χ4n) is 2.71. The van der Waals surface area contributed by atoms with Gasteiger partial charge in [0.15, 0.2) is 5.65 Å². The molecule has 0 amide bonds. The van der Waals surface area contributed by atoms with Crippen molar-refractivity contribution in [2.75, 3.05) is 5.43 Å². The highest BCUT2D eigenvalue weighted by Crippen LogP contribution is 2.29. The van der Waals surface area contributed by atoms with Crippen LogP contribution < -0.4 is 11.1 Å². The number of hydrogen-bond acceptors (Lipinski definition) is 8. The second-order valence-electron chi connectivity index (χ2n) is 5.51. The molecule has 0 aliphatic heterocycles. The van der Waals surface area contributed by atoms with E-state index in [1.54, 1.807) is 24.3 Å². The molecule has 0 spiro atoms. The third-order valence-electron chi connectivity index (χ3n) is 3.93. The molecule has 27 heavy (non-hydrogen) atoms. The van der Waals surface area contributed by atoms with Gasteiger partial charge in [0.2, 0.25) is 0 Å². The second-order valence-corrected chi connectivity index (χ2v) is 5.51. The summed E-state index contributed by atoms with van der Waals surface area (Å²) in [6, 6.07) is 10.2. The molecule has 0 atom stereocenters. The molecule has 12 heteroatoms. The van der Waals surface area contributed by atoms with Crippen molar-refractivity contribution in [1.29, 1.82) is 0 Å².